The lowest BCUT2D eigenvalue weighted by Gasteiger charge is -2.30. The average molecular weight is 536 g/mol. The van der Waals surface area contributed by atoms with Gasteiger partial charge >= 0.3 is 0 Å². The van der Waals surface area contributed by atoms with E-state index in [1.165, 1.54) is 54.9 Å². The van der Waals surface area contributed by atoms with E-state index in [4.69, 9.17) is 4.99 Å². The Hall–Kier alpha value is -5.27. The summed E-state index contributed by atoms with van der Waals surface area (Å²) in [6.45, 7) is 0. The van der Waals surface area contributed by atoms with E-state index in [9.17, 15) is 0 Å². The molecule has 2 atom stereocenters. The lowest BCUT2D eigenvalue weighted by atomic mass is 9.76. The fourth-order valence-electron chi connectivity index (χ4n) is 6.80. The van der Waals surface area contributed by atoms with Crippen molar-refractivity contribution in [1.82, 2.24) is 0 Å². The maximum absolute atomic E-state index is 5.16. The molecular formula is C41H29N. The second-order valence-corrected chi connectivity index (χ2v) is 11.1. The zero-order valence-corrected chi connectivity index (χ0v) is 23.2. The Labute approximate surface area is 246 Å². The highest BCUT2D eigenvalue weighted by Crippen LogP contribution is 2.46. The van der Waals surface area contributed by atoms with Gasteiger partial charge < -0.3 is 0 Å². The van der Waals surface area contributed by atoms with E-state index in [0.717, 1.165) is 11.3 Å². The van der Waals surface area contributed by atoms with Crippen LogP contribution in [0.5, 0.6) is 0 Å². The minimum absolute atomic E-state index is 0.222. The number of benzene rings is 6. The minimum Gasteiger partial charge on any atom is -0.260 e. The highest BCUT2D eigenvalue weighted by atomic mass is 14.8. The van der Waals surface area contributed by atoms with Gasteiger partial charge in [0, 0.05) is 23.6 Å². The van der Waals surface area contributed by atoms with Gasteiger partial charge in [-0.1, -0.05) is 152 Å². The maximum atomic E-state index is 5.16. The summed E-state index contributed by atoms with van der Waals surface area (Å²) < 4.78 is 0. The van der Waals surface area contributed by atoms with E-state index in [0.29, 0.717) is 0 Å². The van der Waals surface area contributed by atoms with E-state index in [-0.39, 0.29) is 11.8 Å². The molecule has 0 bridgehead atoms. The van der Waals surface area contributed by atoms with Gasteiger partial charge in [0.1, 0.15) is 0 Å². The van der Waals surface area contributed by atoms with E-state index in [2.05, 4.69) is 164 Å². The predicted molar refractivity (Wildman–Crippen MR) is 179 cm³/mol. The average Bonchev–Trinajstić information content (AvgIpc) is 3.07. The second-order valence-electron chi connectivity index (χ2n) is 11.1. The molecule has 0 spiro atoms. The van der Waals surface area contributed by atoms with Crippen molar-refractivity contribution in [3.05, 3.63) is 174 Å². The number of allylic oxidation sites excluding steroid dienone is 5. The molecule has 2 unspecified atom stereocenters. The minimum atomic E-state index is 0.222. The van der Waals surface area contributed by atoms with Crippen molar-refractivity contribution in [2.45, 2.75) is 5.92 Å². The van der Waals surface area contributed by atoms with Gasteiger partial charge in [0.25, 0.3) is 0 Å². The Morgan fingerprint density at radius 2 is 1.02 bits per heavy atom. The van der Waals surface area contributed by atoms with Gasteiger partial charge in [-0.05, 0) is 61.0 Å². The number of rotatable bonds is 4. The third kappa shape index (κ3) is 4.05. The van der Waals surface area contributed by atoms with Crippen LogP contribution in [-0.4, -0.2) is 6.21 Å². The Morgan fingerprint density at radius 1 is 0.452 bits per heavy atom. The fourth-order valence-corrected chi connectivity index (χ4v) is 6.80. The molecule has 6 aromatic rings. The first-order valence-corrected chi connectivity index (χ1v) is 14.6. The third-order valence-electron chi connectivity index (χ3n) is 8.70. The first kappa shape index (κ1) is 24.5. The van der Waals surface area contributed by atoms with Crippen LogP contribution in [0.4, 0.5) is 0 Å². The van der Waals surface area contributed by atoms with Gasteiger partial charge in [0.2, 0.25) is 0 Å². The molecule has 2 aliphatic rings. The molecule has 0 saturated carbocycles. The van der Waals surface area contributed by atoms with Gasteiger partial charge in [0.05, 0.1) is 5.70 Å². The van der Waals surface area contributed by atoms with Crippen molar-refractivity contribution in [1.29, 1.82) is 0 Å². The van der Waals surface area contributed by atoms with Crippen LogP contribution < -0.4 is 0 Å². The molecule has 8 rings (SSSR count). The first-order chi connectivity index (χ1) is 20.9. The number of hydrogen-bond donors (Lipinski definition) is 0. The Morgan fingerprint density at radius 3 is 1.69 bits per heavy atom. The smallest absolute Gasteiger partial charge is 0.0736 e. The molecule has 1 heteroatoms. The van der Waals surface area contributed by atoms with Crippen LogP contribution in [0.15, 0.2) is 168 Å². The zero-order chi connectivity index (χ0) is 27.9. The standard InChI is InChI=1S/C41H29N/c1-4-14-28(15-5-1)38-27-42-41(36-23-13-10-20-32(36)38)31-24-25-35-37(26-31)40(30-18-8-3-9-19-30)34-22-12-11-21-33(34)39(35)29-16-6-2-7-17-29/h1-27,32,38H. The van der Waals surface area contributed by atoms with Crippen LogP contribution in [0.2, 0.25) is 0 Å². The van der Waals surface area contributed by atoms with Crippen molar-refractivity contribution in [3.8, 4) is 22.3 Å². The molecule has 0 aromatic heterocycles. The normalized spacial score (nSPS) is 17.6. The molecule has 1 nitrogen and oxygen atoms in total. The molecule has 0 radical (unpaired) electrons. The van der Waals surface area contributed by atoms with Gasteiger partial charge in [-0.25, -0.2) is 0 Å². The predicted octanol–water partition coefficient (Wildman–Crippen LogP) is 10.6. The quantitative estimate of drug-likeness (QED) is 0.199. The van der Waals surface area contributed by atoms with Crippen molar-refractivity contribution < 1.29 is 0 Å². The van der Waals surface area contributed by atoms with Crippen LogP contribution in [0.3, 0.4) is 0 Å². The zero-order valence-electron chi connectivity index (χ0n) is 23.2. The fraction of sp³-hybridized carbons (Fsp3) is 0.0488. The van der Waals surface area contributed by atoms with E-state index >= 15 is 0 Å². The molecule has 42 heavy (non-hydrogen) atoms. The van der Waals surface area contributed by atoms with Crippen LogP contribution in [0.1, 0.15) is 17.0 Å². The van der Waals surface area contributed by atoms with Crippen molar-refractivity contribution in [3.63, 3.8) is 0 Å². The van der Waals surface area contributed by atoms with Gasteiger partial charge in [0.15, 0.2) is 0 Å². The Balaban J connectivity index is 1.40. The third-order valence-corrected chi connectivity index (χ3v) is 8.70. The maximum Gasteiger partial charge on any atom is 0.0736 e. The molecule has 1 heterocycles. The van der Waals surface area contributed by atoms with Crippen LogP contribution in [0.25, 0.3) is 49.5 Å². The van der Waals surface area contributed by atoms with Gasteiger partial charge in [-0.3, -0.25) is 4.99 Å². The monoisotopic (exact) mass is 535 g/mol. The lowest BCUT2D eigenvalue weighted by Crippen LogP contribution is -2.20. The SMILES string of the molecule is C1=CC2=C(c3ccc4c(-c5ccccc5)c5ccccc5c(-c5ccccc5)c4c3)N=CC(c3ccccc3)C2C=C1. The molecular weight excluding hydrogens is 506 g/mol. The van der Waals surface area contributed by atoms with E-state index < -0.39 is 0 Å². The molecule has 0 N–H and O–H groups in total. The summed E-state index contributed by atoms with van der Waals surface area (Å²) in [7, 11) is 0. The van der Waals surface area contributed by atoms with Crippen LogP contribution in [0, 0.1) is 5.92 Å². The van der Waals surface area contributed by atoms with Crippen molar-refractivity contribution >= 4 is 33.5 Å². The van der Waals surface area contributed by atoms with Crippen LogP contribution >= 0.6 is 0 Å². The largest absolute Gasteiger partial charge is 0.260 e. The summed E-state index contributed by atoms with van der Waals surface area (Å²) in [5.41, 5.74) is 9.79. The van der Waals surface area contributed by atoms with Gasteiger partial charge in [-0.15, -0.1) is 0 Å². The topological polar surface area (TPSA) is 12.4 Å². The molecule has 198 valence electrons. The van der Waals surface area contributed by atoms with Gasteiger partial charge in [-0.2, -0.15) is 0 Å². The first-order valence-electron chi connectivity index (χ1n) is 14.6. The Kier molecular flexibility index (Phi) is 6.00. The number of nitrogens with zero attached hydrogens (tertiary/aromatic N) is 1. The molecule has 1 aliphatic heterocycles. The molecule has 6 aromatic carbocycles. The summed E-state index contributed by atoms with van der Waals surface area (Å²) in [5, 5.41) is 5.04. The second kappa shape index (κ2) is 10.3. The summed E-state index contributed by atoms with van der Waals surface area (Å²) in [6.07, 6.45) is 11.1. The summed E-state index contributed by atoms with van der Waals surface area (Å²) >= 11 is 0. The lowest BCUT2D eigenvalue weighted by molar-refractivity contribution is 0.711. The summed E-state index contributed by atoms with van der Waals surface area (Å²) in [6, 6.07) is 48.1. The Bertz CT molecular complexity index is 2060. The van der Waals surface area contributed by atoms with Crippen molar-refractivity contribution in [2.24, 2.45) is 10.9 Å². The molecule has 0 amide bonds. The highest BCUT2D eigenvalue weighted by Gasteiger charge is 2.29. The summed E-state index contributed by atoms with van der Waals surface area (Å²) in [4.78, 5) is 5.16. The van der Waals surface area contributed by atoms with E-state index in [1.54, 1.807) is 0 Å². The molecule has 0 fully saturated rings. The number of fused-ring (bicyclic) bond motifs is 3. The highest BCUT2D eigenvalue weighted by molar-refractivity contribution is 6.21. The number of aliphatic imine (C=N–C) groups is 1. The summed E-state index contributed by atoms with van der Waals surface area (Å²) in [5.74, 6) is 0.478. The number of hydrogen-bond acceptors (Lipinski definition) is 1. The van der Waals surface area contributed by atoms with Crippen LogP contribution in [-0.2, 0) is 0 Å². The molecule has 0 saturated heterocycles. The molecule has 1 aliphatic carbocycles. The van der Waals surface area contributed by atoms with E-state index in [1.807, 2.05) is 0 Å². The van der Waals surface area contributed by atoms with Crippen molar-refractivity contribution in [2.75, 3.05) is 0 Å².